The normalized spacial score (nSPS) is 13.2. The van der Waals surface area contributed by atoms with E-state index in [1.165, 1.54) is 0 Å². The van der Waals surface area contributed by atoms with Gasteiger partial charge in [0.15, 0.2) is 0 Å². The van der Waals surface area contributed by atoms with Crippen LogP contribution >= 0.6 is 0 Å². The molecular formula is C15H27N3O. The highest BCUT2D eigenvalue weighted by Crippen LogP contribution is 2.17. The standard InChI is InChI=1S/C15H27N3O/c1-4-8-18(10-9-17(2)3)12-15(19)13-6-5-7-14(16)11-13/h5-7,11,15,19H,4,8-10,12,16H2,1-3H3. The Morgan fingerprint density at radius 2 is 1.95 bits per heavy atom. The number of nitrogens with zero attached hydrogens (tertiary/aromatic N) is 2. The van der Waals surface area contributed by atoms with Gasteiger partial charge in [0.1, 0.15) is 0 Å². The Balaban J connectivity index is 2.57. The van der Waals surface area contributed by atoms with Gasteiger partial charge in [-0.1, -0.05) is 19.1 Å². The molecule has 4 nitrogen and oxygen atoms in total. The Hall–Kier alpha value is -1.10. The fourth-order valence-electron chi connectivity index (χ4n) is 2.07. The van der Waals surface area contributed by atoms with Crippen molar-refractivity contribution in [2.45, 2.75) is 19.4 Å². The third-order valence-corrected chi connectivity index (χ3v) is 3.13. The second-order valence-corrected chi connectivity index (χ2v) is 5.29. The summed E-state index contributed by atoms with van der Waals surface area (Å²) >= 11 is 0. The fourth-order valence-corrected chi connectivity index (χ4v) is 2.07. The molecule has 0 amide bonds. The number of hydrogen-bond acceptors (Lipinski definition) is 4. The fraction of sp³-hybridized carbons (Fsp3) is 0.600. The van der Waals surface area contributed by atoms with E-state index in [1.54, 1.807) is 0 Å². The molecule has 0 bridgehead atoms. The highest BCUT2D eigenvalue weighted by atomic mass is 16.3. The number of likely N-dealkylation sites (N-methyl/N-ethyl adjacent to an activating group) is 1. The van der Waals surface area contributed by atoms with E-state index in [2.05, 4.69) is 30.8 Å². The van der Waals surface area contributed by atoms with Crippen molar-refractivity contribution < 1.29 is 5.11 Å². The van der Waals surface area contributed by atoms with Gasteiger partial charge in [-0.15, -0.1) is 0 Å². The van der Waals surface area contributed by atoms with Crippen LogP contribution in [0.25, 0.3) is 0 Å². The van der Waals surface area contributed by atoms with Crippen LogP contribution in [0.4, 0.5) is 5.69 Å². The van der Waals surface area contributed by atoms with E-state index >= 15 is 0 Å². The number of nitrogen functional groups attached to an aromatic ring is 1. The molecule has 0 saturated carbocycles. The Morgan fingerprint density at radius 1 is 1.21 bits per heavy atom. The summed E-state index contributed by atoms with van der Waals surface area (Å²) < 4.78 is 0. The quantitative estimate of drug-likeness (QED) is 0.701. The highest BCUT2D eigenvalue weighted by molar-refractivity contribution is 5.41. The number of hydrogen-bond donors (Lipinski definition) is 2. The molecule has 4 heteroatoms. The van der Waals surface area contributed by atoms with Crippen LogP contribution in [0, 0.1) is 0 Å². The SMILES string of the molecule is CCCN(CCN(C)C)CC(O)c1cccc(N)c1. The molecule has 1 unspecified atom stereocenters. The maximum absolute atomic E-state index is 10.3. The molecule has 0 aliphatic carbocycles. The lowest BCUT2D eigenvalue weighted by atomic mass is 10.1. The van der Waals surface area contributed by atoms with Gasteiger partial charge < -0.3 is 15.7 Å². The van der Waals surface area contributed by atoms with Crippen molar-refractivity contribution >= 4 is 5.69 Å². The first-order chi connectivity index (χ1) is 9.02. The number of nitrogens with two attached hydrogens (primary N) is 1. The summed E-state index contributed by atoms with van der Waals surface area (Å²) in [5.41, 5.74) is 7.35. The van der Waals surface area contributed by atoms with Gasteiger partial charge in [-0.25, -0.2) is 0 Å². The lowest BCUT2D eigenvalue weighted by Gasteiger charge is -2.26. The van der Waals surface area contributed by atoms with Crippen molar-refractivity contribution in [2.24, 2.45) is 0 Å². The Labute approximate surface area is 116 Å². The number of benzene rings is 1. The zero-order valence-electron chi connectivity index (χ0n) is 12.3. The molecule has 0 heterocycles. The summed E-state index contributed by atoms with van der Waals surface area (Å²) in [6.07, 6.45) is 0.620. The largest absolute Gasteiger partial charge is 0.399 e. The van der Waals surface area contributed by atoms with Gasteiger partial charge in [0.05, 0.1) is 6.10 Å². The first kappa shape index (κ1) is 16.0. The van der Waals surface area contributed by atoms with Crippen molar-refractivity contribution in [3.8, 4) is 0 Å². The smallest absolute Gasteiger partial charge is 0.0917 e. The molecule has 0 fully saturated rings. The van der Waals surface area contributed by atoms with Crippen LogP contribution in [0.15, 0.2) is 24.3 Å². The molecule has 0 radical (unpaired) electrons. The molecule has 0 aromatic heterocycles. The van der Waals surface area contributed by atoms with Gasteiger partial charge in [-0.05, 0) is 44.8 Å². The molecule has 1 rings (SSSR count). The van der Waals surface area contributed by atoms with Crippen molar-refractivity contribution in [2.75, 3.05) is 46.0 Å². The van der Waals surface area contributed by atoms with Gasteiger partial charge in [0.2, 0.25) is 0 Å². The molecule has 0 aliphatic heterocycles. The van der Waals surface area contributed by atoms with Crippen molar-refractivity contribution in [3.05, 3.63) is 29.8 Å². The summed E-state index contributed by atoms with van der Waals surface area (Å²) in [6, 6.07) is 7.50. The van der Waals surface area contributed by atoms with Crippen molar-refractivity contribution in [1.29, 1.82) is 0 Å². The molecule has 1 atom stereocenters. The Bertz CT molecular complexity index is 368. The maximum Gasteiger partial charge on any atom is 0.0917 e. The Kier molecular flexibility index (Phi) is 6.84. The van der Waals surface area contributed by atoms with Crippen LogP contribution in [0.3, 0.4) is 0 Å². The number of rotatable bonds is 8. The third kappa shape index (κ3) is 6.05. The van der Waals surface area contributed by atoms with Crippen LogP contribution in [-0.4, -0.2) is 55.2 Å². The lowest BCUT2D eigenvalue weighted by Crippen LogP contribution is -2.35. The van der Waals surface area contributed by atoms with E-state index in [4.69, 9.17) is 5.73 Å². The predicted molar refractivity (Wildman–Crippen MR) is 81.1 cm³/mol. The van der Waals surface area contributed by atoms with Crippen LogP contribution in [0.1, 0.15) is 25.0 Å². The monoisotopic (exact) mass is 265 g/mol. The van der Waals surface area contributed by atoms with Gasteiger partial charge in [0, 0.05) is 25.3 Å². The Morgan fingerprint density at radius 3 is 2.53 bits per heavy atom. The summed E-state index contributed by atoms with van der Waals surface area (Å²) in [5, 5.41) is 10.3. The minimum absolute atomic E-state index is 0.475. The third-order valence-electron chi connectivity index (χ3n) is 3.13. The van der Waals surface area contributed by atoms with Crippen LogP contribution in [0.2, 0.25) is 0 Å². The molecule has 0 aliphatic rings. The van der Waals surface area contributed by atoms with Crippen LogP contribution in [-0.2, 0) is 0 Å². The molecule has 3 N–H and O–H groups in total. The van der Waals surface area contributed by atoms with Gasteiger partial charge in [0.25, 0.3) is 0 Å². The lowest BCUT2D eigenvalue weighted by molar-refractivity contribution is 0.108. The van der Waals surface area contributed by atoms with Gasteiger partial charge in [-0.2, -0.15) is 0 Å². The van der Waals surface area contributed by atoms with Crippen LogP contribution < -0.4 is 5.73 Å². The first-order valence-corrected chi connectivity index (χ1v) is 6.93. The summed E-state index contributed by atoms with van der Waals surface area (Å²) in [7, 11) is 4.14. The van der Waals surface area contributed by atoms with E-state index in [9.17, 15) is 5.11 Å². The number of aliphatic hydroxyl groups is 1. The van der Waals surface area contributed by atoms with Crippen molar-refractivity contribution in [1.82, 2.24) is 9.80 Å². The van der Waals surface area contributed by atoms with E-state index in [-0.39, 0.29) is 0 Å². The molecule has 19 heavy (non-hydrogen) atoms. The maximum atomic E-state index is 10.3. The van der Waals surface area contributed by atoms with E-state index in [0.717, 1.165) is 31.6 Å². The van der Waals surface area contributed by atoms with E-state index in [1.807, 2.05) is 24.3 Å². The van der Waals surface area contributed by atoms with Gasteiger partial charge in [-0.3, -0.25) is 4.90 Å². The number of anilines is 1. The highest BCUT2D eigenvalue weighted by Gasteiger charge is 2.13. The molecule has 1 aromatic rings. The second-order valence-electron chi connectivity index (χ2n) is 5.29. The van der Waals surface area contributed by atoms with Crippen LogP contribution in [0.5, 0.6) is 0 Å². The number of aliphatic hydroxyl groups excluding tert-OH is 1. The topological polar surface area (TPSA) is 52.7 Å². The zero-order chi connectivity index (χ0) is 14.3. The summed E-state index contributed by atoms with van der Waals surface area (Å²) in [6.45, 7) is 5.80. The summed E-state index contributed by atoms with van der Waals surface area (Å²) in [4.78, 5) is 4.46. The predicted octanol–water partition coefficient (Wildman–Crippen LogP) is 1.58. The van der Waals surface area contributed by atoms with Gasteiger partial charge >= 0.3 is 0 Å². The molecule has 108 valence electrons. The minimum atomic E-state index is -0.475. The average Bonchev–Trinajstić information content (AvgIpc) is 2.36. The van der Waals surface area contributed by atoms with E-state index in [0.29, 0.717) is 12.2 Å². The zero-order valence-corrected chi connectivity index (χ0v) is 12.3. The van der Waals surface area contributed by atoms with E-state index < -0.39 is 6.10 Å². The summed E-state index contributed by atoms with van der Waals surface area (Å²) in [5.74, 6) is 0. The average molecular weight is 265 g/mol. The van der Waals surface area contributed by atoms with Crippen molar-refractivity contribution in [3.63, 3.8) is 0 Å². The molecule has 0 spiro atoms. The molecular weight excluding hydrogens is 238 g/mol. The molecule has 1 aromatic carbocycles. The minimum Gasteiger partial charge on any atom is -0.399 e. The first-order valence-electron chi connectivity index (χ1n) is 6.93. The molecule has 0 saturated heterocycles. The second kappa shape index (κ2) is 8.15.